The van der Waals surface area contributed by atoms with Crippen molar-refractivity contribution in [1.29, 1.82) is 0 Å². The van der Waals surface area contributed by atoms with Gasteiger partial charge in [0.1, 0.15) is 30.6 Å². The number of rotatable bonds is 5. The summed E-state index contributed by atoms with van der Waals surface area (Å²) < 4.78 is 13.5. The molecule has 0 amide bonds. The van der Waals surface area contributed by atoms with Crippen molar-refractivity contribution in [3.63, 3.8) is 0 Å². The van der Waals surface area contributed by atoms with E-state index >= 15 is 0 Å². The second-order valence-corrected chi connectivity index (χ2v) is 8.73. The lowest BCUT2D eigenvalue weighted by molar-refractivity contribution is -0.156. The molecule has 0 aliphatic carbocycles. The Bertz CT molecular complexity index is 818. The number of aromatic nitrogens is 3. The van der Waals surface area contributed by atoms with Crippen LogP contribution in [0.25, 0.3) is 0 Å². The maximum absolute atomic E-state index is 11.7. The Labute approximate surface area is 168 Å². The summed E-state index contributed by atoms with van der Waals surface area (Å²) in [5.41, 5.74) is 0.650. The summed E-state index contributed by atoms with van der Waals surface area (Å²) in [7, 11) is 0. The van der Waals surface area contributed by atoms with Gasteiger partial charge in [-0.1, -0.05) is 44.0 Å². The van der Waals surface area contributed by atoms with Gasteiger partial charge in [0.2, 0.25) is 0 Å². The average Bonchev–Trinajstić information content (AvgIpc) is 3.18. The van der Waals surface area contributed by atoms with Gasteiger partial charge in [-0.2, -0.15) is 5.10 Å². The molecule has 0 bridgehead atoms. The summed E-state index contributed by atoms with van der Waals surface area (Å²) in [6.07, 6.45) is 3.82. The molecule has 3 unspecified atom stereocenters. The monoisotopic (exact) mass is 411 g/mol. The van der Waals surface area contributed by atoms with Gasteiger partial charge in [0.05, 0.1) is 6.04 Å². The Hall–Kier alpha value is -1.79. The third kappa shape index (κ3) is 4.55. The van der Waals surface area contributed by atoms with Crippen molar-refractivity contribution in [1.82, 2.24) is 14.8 Å². The van der Waals surface area contributed by atoms with Crippen LogP contribution in [0.3, 0.4) is 0 Å². The van der Waals surface area contributed by atoms with Gasteiger partial charge in [0.15, 0.2) is 0 Å². The van der Waals surface area contributed by atoms with Crippen molar-refractivity contribution in [3.05, 3.63) is 40.4 Å². The number of benzene rings is 1. The van der Waals surface area contributed by atoms with Gasteiger partial charge < -0.3 is 9.47 Å². The molecule has 146 valence electrons. The van der Waals surface area contributed by atoms with Crippen LogP contribution in [0.15, 0.2) is 24.8 Å². The second kappa shape index (κ2) is 7.68. The van der Waals surface area contributed by atoms with Crippen LogP contribution >= 0.6 is 23.2 Å². The highest BCUT2D eigenvalue weighted by Gasteiger charge is 2.40. The molecule has 8 heteroatoms. The summed E-state index contributed by atoms with van der Waals surface area (Å²) in [6.45, 7) is 7.52. The Morgan fingerprint density at radius 2 is 2.15 bits per heavy atom. The fourth-order valence-electron chi connectivity index (χ4n) is 3.50. The van der Waals surface area contributed by atoms with Gasteiger partial charge in [-0.3, -0.25) is 4.79 Å². The molecule has 2 heterocycles. The SMILES string of the molecule is CC(=O)OC(C(CC1Cc2c(Cl)cc(Cl)cc2O1)n1cncn1)C(C)(C)C. The second-order valence-electron chi connectivity index (χ2n) is 7.88. The molecule has 0 N–H and O–H groups in total. The molecule has 2 aromatic rings. The molecular formula is C19H23Cl2N3O3. The Balaban J connectivity index is 1.87. The van der Waals surface area contributed by atoms with Crippen LogP contribution in [0, 0.1) is 5.41 Å². The molecule has 6 nitrogen and oxygen atoms in total. The number of halogens is 2. The number of nitrogens with zero attached hydrogens (tertiary/aromatic N) is 3. The van der Waals surface area contributed by atoms with E-state index in [-0.39, 0.29) is 23.5 Å². The van der Waals surface area contributed by atoms with Crippen molar-refractivity contribution >= 4 is 29.2 Å². The summed E-state index contributed by atoms with van der Waals surface area (Å²) in [5.74, 6) is 0.375. The zero-order valence-electron chi connectivity index (χ0n) is 15.8. The first-order valence-corrected chi connectivity index (χ1v) is 9.56. The normalized spacial score (nSPS) is 18.5. The molecule has 0 fully saturated rings. The van der Waals surface area contributed by atoms with Gasteiger partial charge in [0.25, 0.3) is 0 Å². The first kappa shape index (κ1) is 20.0. The van der Waals surface area contributed by atoms with E-state index in [1.165, 1.54) is 13.3 Å². The molecule has 3 rings (SSSR count). The minimum atomic E-state index is -0.400. The van der Waals surface area contributed by atoms with E-state index in [9.17, 15) is 4.79 Å². The van der Waals surface area contributed by atoms with E-state index < -0.39 is 6.10 Å². The molecule has 27 heavy (non-hydrogen) atoms. The summed E-state index contributed by atoms with van der Waals surface area (Å²) in [4.78, 5) is 15.8. The molecule has 0 saturated carbocycles. The minimum Gasteiger partial charge on any atom is -0.490 e. The maximum atomic E-state index is 11.7. The lowest BCUT2D eigenvalue weighted by Gasteiger charge is -2.37. The topological polar surface area (TPSA) is 66.2 Å². The molecular weight excluding hydrogens is 389 g/mol. The smallest absolute Gasteiger partial charge is 0.302 e. The van der Waals surface area contributed by atoms with E-state index in [2.05, 4.69) is 10.1 Å². The Kier molecular flexibility index (Phi) is 5.68. The highest BCUT2D eigenvalue weighted by molar-refractivity contribution is 6.35. The molecule has 0 spiro atoms. The Morgan fingerprint density at radius 1 is 1.41 bits per heavy atom. The minimum absolute atomic E-state index is 0.134. The van der Waals surface area contributed by atoms with Crippen molar-refractivity contribution < 1.29 is 14.3 Å². The van der Waals surface area contributed by atoms with Crippen LogP contribution in [0.1, 0.15) is 45.7 Å². The van der Waals surface area contributed by atoms with Gasteiger partial charge >= 0.3 is 5.97 Å². The van der Waals surface area contributed by atoms with Crippen molar-refractivity contribution in [2.75, 3.05) is 0 Å². The number of carbonyl (C=O) groups is 1. The van der Waals surface area contributed by atoms with Crippen LogP contribution in [-0.2, 0) is 16.0 Å². The third-order valence-electron chi connectivity index (χ3n) is 4.62. The number of hydrogen-bond donors (Lipinski definition) is 0. The molecule has 1 aliphatic rings. The van der Waals surface area contributed by atoms with Gasteiger partial charge in [-0.15, -0.1) is 0 Å². The maximum Gasteiger partial charge on any atom is 0.302 e. The van der Waals surface area contributed by atoms with Crippen LogP contribution in [-0.4, -0.2) is 32.9 Å². The summed E-state index contributed by atoms with van der Waals surface area (Å²) in [5, 5.41) is 5.44. The first-order valence-electron chi connectivity index (χ1n) is 8.81. The van der Waals surface area contributed by atoms with Crippen molar-refractivity contribution in [2.45, 2.75) is 58.8 Å². The van der Waals surface area contributed by atoms with E-state index in [1.54, 1.807) is 23.1 Å². The quantitative estimate of drug-likeness (QED) is 0.677. The van der Waals surface area contributed by atoms with Gasteiger partial charge in [0, 0.05) is 40.8 Å². The number of carbonyl (C=O) groups excluding carboxylic acids is 1. The fraction of sp³-hybridized carbons (Fsp3) is 0.526. The molecule has 0 radical (unpaired) electrons. The molecule has 1 aromatic heterocycles. The lowest BCUT2D eigenvalue weighted by atomic mass is 9.82. The fourth-order valence-corrected chi connectivity index (χ4v) is 4.05. The first-order chi connectivity index (χ1) is 12.6. The number of fused-ring (bicyclic) bond motifs is 1. The van der Waals surface area contributed by atoms with E-state index in [4.69, 9.17) is 32.7 Å². The zero-order chi connectivity index (χ0) is 19.8. The lowest BCUT2D eigenvalue weighted by Crippen LogP contribution is -2.41. The summed E-state index contributed by atoms with van der Waals surface area (Å²) >= 11 is 12.4. The van der Waals surface area contributed by atoms with Crippen molar-refractivity contribution in [2.24, 2.45) is 5.41 Å². The number of hydrogen-bond acceptors (Lipinski definition) is 5. The standard InChI is InChI=1S/C19H23Cl2N3O3/c1-11(25)26-18(19(2,3)4)16(24-10-22-9-23-24)8-13-7-14-15(21)5-12(20)6-17(14)27-13/h5-6,9-10,13,16,18H,7-8H2,1-4H3. The molecule has 0 saturated heterocycles. The van der Waals surface area contributed by atoms with Crippen LogP contribution < -0.4 is 4.74 Å². The number of esters is 1. The molecule has 1 aliphatic heterocycles. The van der Waals surface area contributed by atoms with Gasteiger partial charge in [-0.05, 0) is 12.1 Å². The average molecular weight is 412 g/mol. The largest absolute Gasteiger partial charge is 0.490 e. The van der Waals surface area contributed by atoms with Crippen LogP contribution in [0.5, 0.6) is 5.75 Å². The predicted octanol–water partition coefficient (Wildman–Crippen LogP) is 4.50. The van der Waals surface area contributed by atoms with Gasteiger partial charge in [-0.25, -0.2) is 9.67 Å². The Morgan fingerprint density at radius 3 is 2.74 bits per heavy atom. The van der Waals surface area contributed by atoms with E-state index in [0.29, 0.717) is 28.6 Å². The van der Waals surface area contributed by atoms with Crippen LogP contribution in [0.4, 0.5) is 0 Å². The molecule has 3 atom stereocenters. The number of ether oxygens (including phenoxy) is 2. The van der Waals surface area contributed by atoms with Crippen molar-refractivity contribution in [3.8, 4) is 5.75 Å². The highest BCUT2D eigenvalue weighted by atomic mass is 35.5. The van der Waals surface area contributed by atoms with E-state index in [1.807, 2.05) is 20.8 Å². The zero-order valence-corrected chi connectivity index (χ0v) is 17.3. The third-order valence-corrected chi connectivity index (χ3v) is 5.18. The van der Waals surface area contributed by atoms with Crippen LogP contribution in [0.2, 0.25) is 10.0 Å². The van der Waals surface area contributed by atoms with E-state index in [0.717, 1.165) is 5.56 Å². The highest BCUT2D eigenvalue weighted by Crippen LogP contribution is 2.41. The summed E-state index contributed by atoms with van der Waals surface area (Å²) in [6, 6.07) is 3.27. The molecule has 1 aromatic carbocycles. The predicted molar refractivity (Wildman–Crippen MR) is 103 cm³/mol.